The van der Waals surface area contributed by atoms with Crippen molar-refractivity contribution in [3.8, 4) is 5.75 Å². The van der Waals surface area contributed by atoms with Gasteiger partial charge in [-0.05, 0) is 24.1 Å². The molecule has 4 nitrogen and oxygen atoms in total. The van der Waals surface area contributed by atoms with Crippen molar-refractivity contribution in [3.05, 3.63) is 28.3 Å². The van der Waals surface area contributed by atoms with Crippen molar-refractivity contribution in [3.63, 3.8) is 0 Å². The van der Waals surface area contributed by atoms with Gasteiger partial charge < -0.3 is 14.9 Å². The van der Waals surface area contributed by atoms with E-state index in [1.165, 1.54) is 12.1 Å². The zero-order chi connectivity index (χ0) is 10.9. The lowest BCUT2D eigenvalue weighted by molar-refractivity contribution is 0.371. The molecule has 1 aromatic rings. The summed E-state index contributed by atoms with van der Waals surface area (Å²) in [6.45, 7) is 1.62. The highest BCUT2D eigenvalue weighted by molar-refractivity contribution is 7.50. The van der Waals surface area contributed by atoms with E-state index in [2.05, 4.69) is 0 Å². The molecule has 0 aromatic heterocycles. The maximum Gasteiger partial charge on any atom is 0.329 e. The zero-order valence-corrected chi connectivity index (χ0v) is 9.09. The van der Waals surface area contributed by atoms with Crippen LogP contribution in [0, 0.1) is 6.92 Å². The van der Waals surface area contributed by atoms with Crippen LogP contribution in [0.4, 0.5) is 0 Å². The van der Waals surface area contributed by atoms with E-state index < -0.39 is 7.60 Å². The van der Waals surface area contributed by atoms with Gasteiger partial charge in [-0.2, -0.15) is 0 Å². The van der Waals surface area contributed by atoms with E-state index in [4.69, 9.17) is 21.4 Å². The van der Waals surface area contributed by atoms with Crippen molar-refractivity contribution >= 4 is 19.2 Å². The first-order valence-electron chi connectivity index (χ1n) is 3.82. The first kappa shape index (κ1) is 11.5. The highest BCUT2D eigenvalue weighted by Crippen LogP contribution is 2.41. The molecule has 78 valence electrons. The molecular weight excluding hydrogens is 227 g/mol. The van der Waals surface area contributed by atoms with Crippen molar-refractivity contribution in [1.82, 2.24) is 0 Å². The monoisotopic (exact) mass is 236 g/mol. The molecule has 0 aliphatic carbocycles. The lowest BCUT2D eigenvalue weighted by Crippen LogP contribution is -1.89. The molecule has 3 N–H and O–H groups in total. The number of rotatable bonds is 2. The fraction of sp³-hybridized carbons (Fsp3) is 0.250. The van der Waals surface area contributed by atoms with Crippen LogP contribution < -0.4 is 0 Å². The summed E-state index contributed by atoms with van der Waals surface area (Å²) >= 11 is 5.64. The van der Waals surface area contributed by atoms with Crippen molar-refractivity contribution in [2.45, 2.75) is 13.1 Å². The van der Waals surface area contributed by atoms with Crippen LogP contribution in [0.5, 0.6) is 5.75 Å². The van der Waals surface area contributed by atoms with Crippen molar-refractivity contribution < 1.29 is 19.5 Å². The number of hydrogen-bond acceptors (Lipinski definition) is 2. The van der Waals surface area contributed by atoms with E-state index in [9.17, 15) is 9.67 Å². The molecule has 0 heterocycles. The molecule has 0 radical (unpaired) electrons. The molecule has 0 saturated carbocycles. The van der Waals surface area contributed by atoms with Crippen LogP contribution in [0.25, 0.3) is 0 Å². The molecule has 0 amide bonds. The maximum atomic E-state index is 10.7. The van der Waals surface area contributed by atoms with Crippen LogP contribution in [0.15, 0.2) is 12.1 Å². The molecule has 1 rings (SSSR count). The SMILES string of the molecule is Cc1cc(CP(=O)(O)O)cc(Cl)c1O. The van der Waals surface area contributed by atoms with E-state index >= 15 is 0 Å². The van der Waals surface area contributed by atoms with Crippen LogP contribution in [0.2, 0.25) is 5.02 Å². The van der Waals surface area contributed by atoms with Crippen molar-refractivity contribution in [1.29, 1.82) is 0 Å². The summed E-state index contributed by atoms with van der Waals surface area (Å²) in [5.74, 6) is -0.0545. The lowest BCUT2D eigenvalue weighted by Gasteiger charge is -2.07. The third-order valence-electron chi connectivity index (χ3n) is 1.70. The Balaban J connectivity index is 3.08. The third-order valence-corrected chi connectivity index (χ3v) is 2.77. The minimum Gasteiger partial charge on any atom is -0.506 e. The zero-order valence-electron chi connectivity index (χ0n) is 7.44. The van der Waals surface area contributed by atoms with Crippen LogP contribution >= 0.6 is 19.2 Å². The van der Waals surface area contributed by atoms with Crippen molar-refractivity contribution in [2.75, 3.05) is 0 Å². The Kier molecular flexibility index (Phi) is 3.22. The molecular formula is C8H10ClO4P. The number of phenols is 1. The Morgan fingerprint density at radius 1 is 1.43 bits per heavy atom. The van der Waals surface area contributed by atoms with E-state index in [0.717, 1.165) is 0 Å². The Morgan fingerprint density at radius 2 is 2.00 bits per heavy atom. The Morgan fingerprint density at radius 3 is 2.43 bits per heavy atom. The predicted octanol–water partition coefficient (Wildman–Crippen LogP) is 2.03. The van der Waals surface area contributed by atoms with E-state index in [0.29, 0.717) is 11.1 Å². The normalized spacial score (nSPS) is 11.7. The molecule has 0 aliphatic heterocycles. The smallest absolute Gasteiger partial charge is 0.329 e. The summed E-state index contributed by atoms with van der Waals surface area (Å²) in [6, 6.07) is 2.85. The summed E-state index contributed by atoms with van der Waals surface area (Å²) < 4.78 is 10.7. The fourth-order valence-corrected chi connectivity index (χ4v) is 2.08. The number of benzene rings is 1. The van der Waals surface area contributed by atoms with Gasteiger partial charge in [-0.1, -0.05) is 17.7 Å². The van der Waals surface area contributed by atoms with Gasteiger partial charge in [-0.3, -0.25) is 4.57 Å². The summed E-state index contributed by atoms with van der Waals surface area (Å²) in [5, 5.41) is 9.41. The third kappa shape index (κ3) is 3.00. The Hall–Kier alpha value is -0.540. The predicted molar refractivity (Wildman–Crippen MR) is 53.6 cm³/mol. The Bertz CT molecular complexity index is 375. The molecule has 0 spiro atoms. The number of phenolic OH excluding ortho intramolecular Hbond substituents is 1. The second-order valence-electron chi connectivity index (χ2n) is 3.07. The number of halogens is 1. The average molecular weight is 237 g/mol. The number of hydrogen-bond donors (Lipinski definition) is 3. The Labute approximate surface area is 86.3 Å². The molecule has 0 atom stereocenters. The standard InChI is InChI=1S/C8H10ClO4P/c1-5-2-6(4-14(11,12)13)3-7(9)8(5)10/h2-3,10H,4H2,1H3,(H2,11,12,13). The summed E-state index contributed by atoms with van der Waals surface area (Å²) in [4.78, 5) is 17.5. The number of aryl methyl sites for hydroxylation is 1. The molecule has 1 aromatic carbocycles. The second-order valence-corrected chi connectivity index (χ2v) is 5.12. The van der Waals surface area contributed by atoms with E-state index in [-0.39, 0.29) is 16.9 Å². The first-order chi connectivity index (χ1) is 6.29. The quantitative estimate of drug-likeness (QED) is 0.687. The van der Waals surface area contributed by atoms with Crippen LogP contribution in [0.3, 0.4) is 0 Å². The van der Waals surface area contributed by atoms with Crippen LogP contribution in [-0.2, 0) is 10.7 Å². The minimum atomic E-state index is -4.08. The lowest BCUT2D eigenvalue weighted by atomic mass is 10.1. The van der Waals surface area contributed by atoms with Gasteiger partial charge in [0.2, 0.25) is 0 Å². The van der Waals surface area contributed by atoms with Gasteiger partial charge in [0.15, 0.2) is 0 Å². The molecule has 0 unspecified atom stereocenters. The first-order valence-corrected chi connectivity index (χ1v) is 6.00. The molecule has 0 saturated heterocycles. The average Bonchev–Trinajstić information content (AvgIpc) is 1.96. The molecule has 14 heavy (non-hydrogen) atoms. The van der Waals surface area contributed by atoms with E-state index in [1.54, 1.807) is 6.92 Å². The highest BCUT2D eigenvalue weighted by atomic mass is 35.5. The molecule has 0 bridgehead atoms. The summed E-state index contributed by atoms with van der Waals surface area (Å²) in [5.41, 5.74) is 0.916. The van der Waals surface area contributed by atoms with Gasteiger partial charge in [0.05, 0.1) is 11.2 Å². The van der Waals surface area contributed by atoms with Gasteiger partial charge in [0.25, 0.3) is 0 Å². The van der Waals surface area contributed by atoms with Crippen molar-refractivity contribution in [2.24, 2.45) is 0 Å². The van der Waals surface area contributed by atoms with Gasteiger partial charge in [-0.15, -0.1) is 0 Å². The molecule has 0 aliphatic rings. The van der Waals surface area contributed by atoms with Crippen LogP contribution in [0.1, 0.15) is 11.1 Å². The van der Waals surface area contributed by atoms with Gasteiger partial charge >= 0.3 is 7.60 Å². The summed E-state index contributed by atoms with van der Waals surface area (Å²) in [6.07, 6.45) is -0.367. The van der Waals surface area contributed by atoms with Gasteiger partial charge in [0.1, 0.15) is 5.75 Å². The van der Waals surface area contributed by atoms with E-state index in [1.807, 2.05) is 0 Å². The van der Waals surface area contributed by atoms with Gasteiger partial charge in [0, 0.05) is 0 Å². The minimum absolute atomic E-state index is 0.0545. The topological polar surface area (TPSA) is 77.8 Å². The molecule has 6 heteroatoms. The largest absolute Gasteiger partial charge is 0.506 e. The fourth-order valence-electron chi connectivity index (χ4n) is 1.14. The van der Waals surface area contributed by atoms with Crippen LogP contribution in [-0.4, -0.2) is 14.9 Å². The maximum absolute atomic E-state index is 10.7. The van der Waals surface area contributed by atoms with Gasteiger partial charge in [-0.25, -0.2) is 0 Å². The second kappa shape index (κ2) is 3.91. The summed E-state index contributed by atoms with van der Waals surface area (Å²) in [7, 11) is -4.08. The highest BCUT2D eigenvalue weighted by Gasteiger charge is 2.15. The number of aromatic hydroxyl groups is 1. The molecule has 0 fully saturated rings.